The van der Waals surface area contributed by atoms with Gasteiger partial charge in [0, 0.05) is 20.0 Å². The molecule has 0 heterocycles. The van der Waals surface area contributed by atoms with Crippen LogP contribution in [0.3, 0.4) is 0 Å². The SMILES string of the molecule is CNC(=O)[C@H](Cc1ccccc1)N(Cc1cccc(C)c1)C(=O)COc1ccccc1. The number of hydrogen-bond acceptors (Lipinski definition) is 3. The highest BCUT2D eigenvalue weighted by molar-refractivity contribution is 5.88. The van der Waals surface area contributed by atoms with Crippen LogP contribution in [0.15, 0.2) is 84.9 Å². The first-order chi connectivity index (χ1) is 15.1. The molecule has 0 spiro atoms. The molecule has 2 amide bonds. The van der Waals surface area contributed by atoms with Gasteiger partial charge in [0.15, 0.2) is 6.61 Å². The molecule has 0 unspecified atom stereocenters. The zero-order valence-corrected chi connectivity index (χ0v) is 18.0. The first-order valence-corrected chi connectivity index (χ1v) is 10.3. The number of para-hydroxylation sites is 1. The Hall–Kier alpha value is -3.60. The molecule has 0 fully saturated rings. The number of carbonyl (C=O) groups excluding carboxylic acids is 2. The molecule has 0 aromatic heterocycles. The molecule has 1 N–H and O–H groups in total. The highest BCUT2D eigenvalue weighted by Crippen LogP contribution is 2.16. The van der Waals surface area contributed by atoms with Gasteiger partial charge in [-0.05, 0) is 30.2 Å². The van der Waals surface area contributed by atoms with Crippen LogP contribution >= 0.6 is 0 Å². The Labute approximate surface area is 183 Å². The Balaban J connectivity index is 1.87. The van der Waals surface area contributed by atoms with Crippen molar-refractivity contribution >= 4 is 11.8 Å². The van der Waals surface area contributed by atoms with E-state index in [1.807, 2.05) is 79.7 Å². The summed E-state index contributed by atoms with van der Waals surface area (Å²) >= 11 is 0. The Morgan fingerprint density at radius 3 is 2.19 bits per heavy atom. The predicted octanol–water partition coefficient (Wildman–Crippen LogP) is 3.76. The highest BCUT2D eigenvalue weighted by atomic mass is 16.5. The molecule has 0 bridgehead atoms. The third kappa shape index (κ3) is 6.44. The van der Waals surface area contributed by atoms with Gasteiger partial charge in [-0.25, -0.2) is 0 Å². The summed E-state index contributed by atoms with van der Waals surface area (Å²) in [5, 5.41) is 2.72. The number of benzene rings is 3. The second kappa shape index (κ2) is 11.0. The first kappa shape index (κ1) is 22.1. The van der Waals surface area contributed by atoms with Gasteiger partial charge in [0.2, 0.25) is 5.91 Å². The van der Waals surface area contributed by atoms with Crippen molar-refractivity contribution in [2.75, 3.05) is 13.7 Å². The van der Waals surface area contributed by atoms with Gasteiger partial charge in [0.25, 0.3) is 5.91 Å². The van der Waals surface area contributed by atoms with E-state index in [1.54, 1.807) is 24.1 Å². The lowest BCUT2D eigenvalue weighted by Crippen LogP contribution is -2.51. The fourth-order valence-corrected chi connectivity index (χ4v) is 3.47. The molecule has 0 saturated heterocycles. The Morgan fingerprint density at radius 1 is 0.903 bits per heavy atom. The van der Waals surface area contributed by atoms with E-state index in [4.69, 9.17) is 4.74 Å². The molecule has 0 aliphatic rings. The van der Waals surface area contributed by atoms with Gasteiger partial charge < -0.3 is 15.0 Å². The fraction of sp³-hybridized carbons (Fsp3) is 0.231. The van der Waals surface area contributed by atoms with Gasteiger partial charge in [-0.2, -0.15) is 0 Å². The number of aryl methyl sites for hydroxylation is 1. The maximum Gasteiger partial charge on any atom is 0.261 e. The van der Waals surface area contributed by atoms with E-state index in [1.165, 1.54) is 0 Å². The topological polar surface area (TPSA) is 58.6 Å². The summed E-state index contributed by atoms with van der Waals surface area (Å²) in [6.07, 6.45) is 0.420. The van der Waals surface area contributed by atoms with E-state index in [2.05, 4.69) is 5.32 Å². The number of nitrogens with zero attached hydrogens (tertiary/aromatic N) is 1. The minimum absolute atomic E-state index is 0.141. The summed E-state index contributed by atoms with van der Waals surface area (Å²) in [4.78, 5) is 27.7. The Morgan fingerprint density at radius 2 is 1.55 bits per heavy atom. The lowest BCUT2D eigenvalue weighted by atomic mass is 10.0. The number of hydrogen-bond donors (Lipinski definition) is 1. The van der Waals surface area contributed by atoms with Crippen molar-refractivity contribution < 1.29 is 14.3 Å². The lowest BCUT2D eigenvalue weighted by molar-refractivity contribution is -0.142. The van der Waals surface area contributed by atoms with Crippen molar-refractivity contribution in [1.29, 1.82) is 0 Å². The largest absolute Gasteiger partial charge is 0.484 e. The van der Waals surface area contributed by atoms with Crippen LogP contribution < -0.4 is 10.1 Å². The van der Waals surface area contributed by atoms with Gasteiger partial charge in [-0.3, -0.25) is 9.59 Å². The molecule has 0 aliphatic carbocycles. The van der Waals surface area contributed by atoms with Crippen molar-refractivity contribution in [2.24, 2.45) is 0 Å². The third-order valence-electron chi connectivity index (χ3n) is 5.06. The average molecular weight is 417 g/mol. The van der Waals surface area contributed by atoms with Crippen molar-refractivity contribution in [2.45, 2.75) is 25.9 Å². The van der Waals surface area contributed by atoms with Crippen molar-refractivity contribution in [3.8, 4) is 5.75 Å². The van der Waals surface area contributed by atoms with Gasteiger partial charge >= 0.3 is 0 Å². The molecule has 0 radical (unpaired) electrons. The first-order valence-electron chi connectivity index (χ1n) is 10.3. The van der Waals surface area contributed by atoms with Crippen molar-refractivity contribution in [1.82, 2.24) is 10.2 Å². The van der Waals surface area contributed by atoms with Crippen LogP contribution in [0.1, 0.15) is 16.7 Å². The monoisotopic (exact) mass is 416 g/mol. The second-order valence-electron chi connectivity index (χ2n) is 7.43. The maximum atomic E-state index is 13.3. The van der Waals surface area contributed by atoms with E-state index in [9.17, 15) is 9.59 Å². The Bertz CT molecular complexity index is 990. The quantitative estimate of drug-likeness (QED) is 0.578. The number of ether oxygens (including phenoxy) is 1. The van der Waals surface area contributed by atoms with E-state index < -0.39 is 6.04 Å². The van der Waals surface area contributed by atoms with E-state index in [0.717, 1.165) is 16.7 Å². The van der Waals surface area contributed by atoms with Crippen molar-refractivity contribution in [3.63, 3.8) is 0 Å². The number of amides is 2. The molecule has 3 aromatic carbocycles. The normalized spacial score (nSPS) is 11.4. The van der Waals surface area contributed by atoms with Crippen LogP contribution in [-0.4, -0.2) is 36.4 Å². The molecular formula is C26H28N2O3. The minimum atomic E-state index is -0.653. The second-order valence-corrected chi connectivity index (χ2v) is 7.43. The molecule has 0 saturated carbocycles. The molecule has 5 heteroatoms. The number of rotatable bonds is 9. The average Bonchev–Trinajstić information content (AvgIpc) is 2.80. The molecule has 5 nitrogen and oxygen atoms in total. The van der Waals surface area contributed by atoms with Crippen LogP contribution in [0.5, 0.6) is 5.75 Å². The zero-order chi connectivity index (χ0) is 22.1. The number of carbonyl (C=O) groups is 2. The summed E-state index contributed by atoms with van der Waals surface area (Å²) in [7, 11) is 1.59. The summed E-state index contributed by atoms with van der Waals surface area (Å²) in [5.41, 5.74) is 3.06. The minimum Gasteiger partial charge on any atom is -0.484 e. The third-order valence-corrected chi connectivity index (χ3v) is 5.06. The molecule has 3 rings (SSSR count). The van der Waals surface area contributed by atoms with Crippen LogP contribution in [0.4, 0.5) is 0 Å². The molecule has 31 heavy (non-hydrogen) atoms. The molecule has 3 aromatic rings. The van der Waals surface area contributed by atoms with Gasteiger partial charge in [-0.1, -0.05) is 78.4 Å². The van der Waals surface area contributed by atoms with Crippen LogP contribution in [0, 0.1) is 6.92 Å². The fourth-order valence-electron chi connectivity index (χ4n) is 3.47. The Kier molecular flexibility index (Phi) is 7.82. The smallest absolute Gasteiger partial charge is 0.261 e. The molecule has 160 valence electrons. The standard InChI is InChI=1S/C26H28N2O3/c1-20-10-9-13-22(16-20)18-28(25(29)19-31-23-14-7-4-8-15-23)24(26(30)27-2)17-21-11-5-3-6-12-21/h3-16,24H,17-19H2,1-2H3,(H,27,30)/t24-/m0/s1. The van der Waals surface area contributed by atoms with E-state index in [-0.39, 0.29) is 18.4 Å². The van der Waals surface area contributed by atoms with Crippen molar-refractivity contribution in [3.05, 3.63) is 102 Å². The summed E-state index contributed by atoms with van der Waals surface area (Å²) in [6, 6.07) is 26.2. The predicted molar refractivity (Wildman–Crippen MR) is 122 cm³/mol. The molecule has 0 aliphatic heterocycles. The van der Waals surface area contributed by atoms with Gasteiger partial charge in [0.05, 0.1) is 0 Å². The van der Waals surface area contributed by atoms with Crippen LogP contribution in [0.25, 0.3) is 0 Å². The van der Waals surface area contributed by atoms with E-state index >= 15 is 0 Å². The summed E-state index contributed by atoms with van der Waals surface area (Å²) < 4.78 is 5.70. The maximum absolute atomic E-state index is 13.3. The molecular weight excluding hydrogens is 388 g/mol. The summed E-state index contributed by atoms with van der Waals surface area (Å²) in [5.74, 6) is 0.172. The van der Waals surface area contributed by atoms with Gasteiger partial charge in [0.1, 0.15) is 11.8 Å². The van der Waals surface area contributed by atoms with Crippen LogP contribution in [-0.2, 0) is 22.6 Å². The zero-order valence-electron chi connectivity index (χ0n) is 18.0. The number of nitrogens with one attached hydrogen (secondary N) is 1. The van der Waals surface area contributed by atoms with Crippen LogP contribution in [0.2, 0.25) is 0 Å². The molecule has 1 atom stereocenters. The lowest BCUT2D eigenvalue weighted by Gasteiger charge is -2.31. The van der Waals surface area contributed by atoms with E-state index in [0.29, 0.717) is 18.7 Å². The number of likely N-dealkylation sites (N-methyl/N-ethyl adjacent to an activating group) is 1. The van der Waals surface area contributed by atoms with Gasteiger partial charge in [-0.15, -0.1) is 0 Å². The highest BCUT2D eigenvalue weighted by Gasteiger charge is 2.30. The summed E-state index contributed by atoms with van der Waals surface area (Å²) in [6.45, 7) is 2.19.